The molecule has 0 N–H and O–H groups in total. The molecule has 0 aliphatic rings. The topological polar surface area (TPSA) is 25.8 Å². The van der Waals surface area contributed by atoms with E-state index in [4.69, 9.17) is 46.4 Å². The van der Waals surface area contributed by atoms with Crippen molar-refractivity contribution in [3.05, 3.63) is 45.4 Å². The van der Waals surface area contributed by atoms with Gasteiger partial charge in [0, 0.05) is 23.5 Å². The normalized spacial score (nSPS) is 10.6. The number of halogens is 4. The molecule has 17 heavy (non-hydrogen) atoms. The van der Waals surface area contributed by atoms with Gasteiger partial charge in [0.15, 0.2) is 0 Å². The zero-order chi connectivity index (χ0) is 12.4. The van der Waals surface area contributed by atoms with E-state index in [2.05, 4.69) is 9.97 Å². The Hall–Kier alpha value is -0.540. The fraction of sp³-hybridized carbons (Fsp3) is 0.0909. The summed E-state index contributed by atoms with van der Waals surface area (Å²) in [4.78, 5) is 8.16. The van der Waals surface area contributed by atoms with Crippen LogP contribution in [-0.2, 0) is 5.88 Å². The number of nitrogens with zero attached hydrogens (tertiary/aromatic N) is 2. The molecule has 0 aliphatic carbocycles. The lowest BCUT2D eigenvalue weighted by Gasteiger charge is -2.08. The number of aromatic nitrogens is 2. The SMILES string of the molecule is ClCc1ncc(-c2c(Cl)ccc(Cl)c2Cl)cn1. The highest BCUT2D eigenvalue weighted by Crippen LogP contribution is 2.38. The highest BCUT2D eigenvalue weighted by Gasteiger charge is 2.12. The molecule has 6 heteroatoms. The quantitative estimate of drug-likeness (QED) is 0.586. The van der Waals surface area contributed by atoms with Crippen molar-refractivity contribution in [1.29, 1.82) is 0 Å². The first-order chi connectivity index (χ1) is 8.13. The Morgan fingerprint density at radius 2 is 1.53 bits per heavy atom. The molecule has 88 valence electrons. The summed E-state index contributed by atoms with van der Waals surface area (Å²) in [6, 6.07) is 3.32. The molecule has 0 aliphatic heterocycles. The average Bonchev–Trinajstić information content (AvgIpc) is 2.35. The summed E-state index contributed by atoms with van der Waals surface area (Å²) in [5, 5.41) is 1.33. The predicted octanol–water partition coefficient (Wildman–Crippen LogP) is 4.84. The van der Waals surface area contributed by atoms with Gasteiger partial charge in [0.05, 0.1) is 20.9 Å². The van der Waals surface area contributed by atoms with Gasteiger partial charge < -0.3 is 0 Å². The maximum atomic E-state index is 6.11. The minimum absolute atomic E-state index is 0.261. The molecule has 0 saturated carbocycles. The van der Waals surface area contributed by atoms with Crippen molar-refractivity contribution >= 4 is 46.4 Å². The van der Waals surface area contributed by atoms with Crippen molar-refractivity contribution in [2.75, 3.05) is 0 Å². The molecule has 1 aromatic carbocycles. The number of benzene rings is 1. The van der Waals surface area contributed by atoms with Crippen molar-refractivity contribution in [2.45, 2.75) is 5.88 Å². The van der Waals surface area contributed by atoms with Crippen molar-refractivity contribution < 1.29 is 0 Å². The molecule has 0 fully saturated rings. The Balaban J connectivity index is 2.55. The van der Waals surface area contributed by atoms with Gasteiger partial charge in [-0.3, -0.25) is 0 Å². The van der Waals surface area contributed by atoms with Crippen LogP contribution in [0.1, 0.15) is 5.82 Å². The monoisotopic (exact) mass is 306 g/mol. The van der Waals surface area contributed by atoms with Gasteiger partial charge in [-0.25, -0.2) is 9.97 Å². The lowest BCUT2D eigenvalue weighted by Crippen LogP contribution is -1.92. The Labute approximate surface area is 119 Å². The summed E-state index contributed by atoms with van der Waals surface area (Å²) in [5.74, 6) is 0.807. The zero-order valence-corrected chi connectivity index (χ0v) is 11.4. The van der Waals surface area contributed by atoms with E-state index in [1.54, 1.807) is 24.5 Å². The molecule has 0 bridgehead atoms. The molecule has 0 unspecified atom stereocenters. The summed E-state index contributed by atoms with van der Waals surface area (Å²) in [7, 11) is 0. The van der Waals surface area contributed by atoms with Crippen LogP contribution >= 0.6 is 46.4 Å². The molecule has 0 atom stereocenters. The fourth-order valence-corrected chi connectivity index (χ4v) is 2.23. The lowest BCUT2D eigenvalue weighted by molar-refractivity contribution is 1.03. The van der Waals surface area contributed by atoms with Gasteiger partial charge in [0.1, 0.15) is 5.82 Å². The van der Waals surface area contributed by atoms with Gasteiger partial charge in [-0.1, -0.05) is 34.8 Å². The largest absolute Gasteiger partial charge is 0.239 e. The Bertz CT molecular complexity index is 540. The Morgan fingerprint density at radius 1 is 0.941 bits per heavy atom. The second kappa shape index (κ2) is 5.40. The molecule has 1 aromatic heterocycles. The lowest BCUT2D eigenvalue weighted by atomic mass is 10.1. The first-order valence-electron chi connectivity index (χ1n) is 4.64. The van der Waals surface area contributed by atoms with E-state index >= 15 is 0 Å². The van der Waals surface area contributed by atoms with Crippen LogP contribution in [0.15, 0.2) is 24.5 Å². The third kappa shape index (κ3) is 2.66. The van der Waals surface area contributed by atoms with Crippen LogP contribution in [0.2, 0.25) is 15.1 Å². The van der Waals surface area contributed by atoms with Crippen LogP contribution in [0, 0.1) is 0 Å². The smallest absolute Gasteiger partial charge is 0.142 e. The van der Waals surface area contributed by atoms with Gasteiger partial charge >= 0.3 is 0 Å². The summed E-state index contributed by atoms with van der Waals surface area (Å²) < 4.78 is 0. The van der Waals surface area contributed by atoms with Crippen molar-refractivity contribution in [1.82, 2.24) is 9.97 Å². The molecule has 0 spiro atoms. The van der Waals surface area contributed by atoms with Gasteiger partial charge in [-0.15, -0.1) is 11.6 Å². The maximum absolute atomic E-state index is 6.11. The van der Waals surface area contributed by atoms with E-state index in [1.807, 2.05) is 0 Å². The number of hydrogen-bond donors (Lipinski definition) is 0. The van der Waals surface area contributed by atoms with E-state index in [9.17, 15) is 0 Å². The van der Waals surface area contributed by atoms with Crippen LogP contribution in [0.4, 0.5) is 0 Å². The molecule has 1 heterocycles. The fourth-order valence-electron chi connectivity index (χ4n) is 1.34. The first kappa shape index (κ1) is 12.9. The van der Waals surface area contributed by atoms with Crippen LogP contribution in [-0.4, -0.2) is 9.97 Å². The Morgan fingerprint density at radius 3 is 2.12 bits per heavy atom. The van der Waals surface area contributed by atoms with Gasteiger partial charge in [0.2, 0.25) is 0 Å². The van der Waals surface area contributed by atoms with Crippen LogP contribution in [0.25, 0.3) is 11.1 Å². The van der Waals surface area contributed by atoms with Crippen molar-refractivity contribution in [3.8, 4) is 11.1 Å². The molecule has 0 saturated heterocycles. The summed E-state index contributed by atoms with van der Waals surface area (Å²) in [6.45, 7) is 0. The molecule has 2 rings (SSSR count). The maximum Gasteiger partial charge on any atom is 0.142 e. The second-order valence-electron chi connectivity index (χ2n) is 3.24. The van der Waals surface area contributed by atoms with Crippen LogP contribution in [0.5, 0.6) is 0 Å². The van der Waals surface area contributed by atoms with E-state index in [-0.39, 0.29) is 5.88 Å². The number of alkyl halides is 1. The van der Waals surface area contributed by atoms with Crippen LogP contribution < -0.4 is 0 Å². The van der Waals surface area contributed by atoms with E-state index < -0.39 is 0 Å². The van der Waals surface area contributed by atoms with Crippen molar-refractivity contribution in [2.24, 2.45) is 0 Å². The molecule has 0 amide bonds. The van der Waals surface area contributed by atoms with E-state index in [1.165, 1.54) is 0 Å². The minimum Gasteiger partial charge on any atom is -0.239 e. The molecule has 2 nitrogen and oxygen atoms in total. The van der Waals surface area contributed by atoms with Crippen LogP contribution in [0.3, 0.4) is 0 Å². The second-order valence-corrected chi connectivity index (χ2v) is 4.70. The minimum atomic E-state index is 0.261. The first-order valence-corrected chi connectivity index (χ1v) is 6.31. The number of rotatable bonds is 2. The molecular formula is C11H6Cl4N2. The molecular weight excluding hydrogens is 302 g/mol. The Kier molecular flexibility index (Phi) is 4.10. The summed E-state index contributed by atoms with van der Waals surface area (Å²) in [6.07, 6.45) is 3.24. The van der Waals surface area contributed by atoms with Gasteiger partial charge in [-0.05, 0) is 12.1 Å². The third-order valence-electron chi connectivity index (χ3n) is 2.16. The molecule has 2 aromatic rings. The molecule has 0 radical (unpaired) electrons. The zero-order valence-electron chi connectivity index (χ0n) is 8.42. The highest BCUT2D eigenvalue weighted by molar-refractivity contribution is 6.46. The highest BCUT2D eigenvalue weighted by atomic mass is 35.5. The van der Waals surface area contributed by atoms with Gasteiger partial charge in [-0.2, -0.15) is 0 Å². The third-order valence-corrected chi connectivity index (χ3v) is 3.52. The van der Waals surface area contributed by atoms with Crippen molar-refractivity contribution in [3.63, 3.8) is 0 Å². The standard InChI is InChI=1S/C11H6Cl4N2/c12-3-9-16-4-6(5-17-9)10-7(13)1-2-8(14)11(10)15/h1-2,4-5H,3H2. The number of hydrogen-bond acceptors (Lipinski definition) is 2. The predicted molar refractivity (Wildman–Crippen MR) is 72.1 cm³/mol. The summed E-state index contributed by atoms with van der Waals surface area (Å²) >= 11 is 23.8. The van der Waals surface area contributed by atoms with E-state index in [0.717, 1.165) is 0 Å². The van der Waals surface area contributed by atoms with Gasteiger partial charge in [0.25, 0.3) is 0 Å². The summed E-state index contributed by atoms with van der Waals surface area (Å²) in [5.41, 5.74) is 1.33. The average molecular weight is 308 g/mol. The van der Waals surface area contributed by atoms with E-state index in [0.29, 0.717) is 32.0 Å².